The highest BCUT2D eigenvalue weighted by atomic mass is 19.4. The van der Waals surface area contributed by atoms with Crippen LogP contribution >= 0.6 is 0 Å². The Morgan fingerprint density at radius 1 is 1.26 bits per heavy atom. The molecule has 1 heterocycles. The van der Waals surface area contributed by atoms with E-state index in [-0.39, 0.29) is 12.0 Å². The van der Waals surface area contributed by atoms with Gasteiger partial charge in [-0.1, -0.05) is 13.8 Å². The van der Waals surface area contributed by atoms with Gasteiger partial charge in [-0.05, 0) is 25.0 Å². The fourth-order valence-electron chi connectivity index (χ4n) is 1.40. The number of nitrogens with zero attached hydrogens (tertiary/aromatic N) is 2. The first-order chi connectivity index (χ1) is 8.84. The topological polar surface area (TPSA) is 47.0 Å². The molecule has 1 N–H and O–H groups in total. The Morgan fingerprint density at radius 3 is 2.37 bits per heavy atom. The van der Waals surface area contributed by atoms with Crippen LogP contribution in [0.1, 0.15) is 26.5 Å². The van der Waals surface area contributed by atoms with Gasteiger partial charge in [0.2, 0.25) is 0 Å². The van der Waals surface area contributed by atoms with Gasteiger partial charge in [-0.25, -0.2) is 0 Å². The molecule has 4 nitrogen and oxygen atoms in total. The molecular weight excluding hydrogens is 259 g/mol. The van der Waals surface area contributed by atoms with E-state index >= 15 is 0 Å². The van der Waals surface area contributed by atoms with E-state index in [9.17, 15) is 13.2 Å². The first kappa shape index (κ1) is 15.7. The standard InChI is InChI=1S/C12H18F3N3O/c1-4-19-7-9(8(2)3)16-11-6-5-10(17-18-11)12(13,14)15/h5-6,8-9H,4,7H2,1-3H3,(H,16,18). The van der Waals surface area contributed by atoms with Crippen LogP contribution in [0.25, 0.3) is 0 Å². The Morgan fingerprint density at radius 2 is 1.95 bits per heavy atom. The molecule has 1 unspecified atom stereocenters. The number of nitrogens with one attached hydrogen (secondary N) is 1. The Bertz CT molecular complexity index is 379. The number of rotatable bonds is 6. The zero-order valence-corrected chi connectivity index (χ0v) is 11.2. The molecule has 0 fully saturated rings. The maximum Gasteiger partial charge on any atom is 0.435 e. The minimum atomic E-state index is -4.46. The smallest absolute Gasteiger partial charge is 0.380 e. The summed E-state index contributed by atoms with van der Waals surface area (Å²) in [6, 6.07) is 2.16. The summed E-state index contributed by atoms with van der Waals surface area (Å²) in [5.41, 5.74) is -0.996. The normalized spacial score (nSPS) is 13.6. The number of hydrogen-bond donors (Lipinski definition) is 1. The molecule has 0 amide bonds. The largest absolute Gasteiger partial charge is 0.435 e. The van der Waals surface area contributed by atoms with Crippen molar-refractivity contribution in [3.05, 3.63) is 17.8 Å². The van der Waals surface area contributed by atoms with E-state index in [0.717, 1.165) is 6.07 Å². The lowest BCUT2D eigenvalue weighted by Crippen LogP contribution is -2.31. The molecule has 1 aromatic heterocycles. The van der Waals surface area contributed by atoms with Gasteiger partial charge in [0.15, 0.2) is 5.69 Å². The van der Waals surface area contributed by atoms with Crippen LogP contribution in [0, 0.1) is 5.92 Å². The summed E-state index contributed by atoms with van der Waals surface area (Å²) < 4.78 is 42.3. The van der Waals surface area contributed by atoms with Crippen LogP contribution in [0.15, 0.2) is 12.1 Å². The Kier molecular flexibility index (Phi) is 5.53. The van der Waals surface area contributed by atoms with Crippen molar-refractivity contribution in [2.45, 2.75) is 33.0 Å². The van der Waals surface area contributed by atoms with Gasteiger partial charge in [0.25, 0.3) is 0 Å². The van der Waals surface area contributed by atoms with E-state index in [2.05, 4.69) is 15.5 Å². The Hall–Kier alpha value is -1.37. The molecule has 0 aliphatic rings. The molecule has 108 valence electrons. The van der Waals surface area contributed by atoms with Crippen molar-refractivity contribution in [2.75, 3.05) is 18.5 Å². The zero-order chi connectivity index (χ0) is 14.5. The van der Waals surface area contributed by atoms with Crippen LogP contribution in [-0.4, -0.2) is 29.5 Å². The number of hydrogen-bond acceptors (Lipinski definition) is 4. The van der Waals surface area contributed by atoms with E-state index in [1.807, 2.05) is 20.8 Å². The summed E-state index contributed by atoms with van der Waals surface area (Å²) >= 11 is 0. The van der Waals surface area contributed by atoms with Crippen molar-refractivity contribution in [1.29, 1.82) is 0 Å². The van der Waals surface area contributed by atoms with E-state index in [1.54, 1.807) is 0 Å². The second-order valence-corrected chi connectivity index (χ2v) is 4.46. The Labute approximate surface area is 110 Å². The average Bonchev–Trinajstić information content (AvgIpc) is 2.33. The highest BCUT2D eigenvalue weighted by molar-refractivity contribution is 5.34. The molecule has 7 heteroatoms. The summed E-state index contributed by atoms with van der Waals surface area (Å²) in [6.45, 7) is 6.93. The number of ether oxygens (including phenoxy) is 1. The summed E-state index contributed by atoms with van der Waals surface area (Å²) in [7, 11) is 0. The fourth-order valence-corrected chi connectivity index (χ4v) is 1.40. The SMILES string of the molecule is CCOCC(Nc1ccc(C(F)(F)F)nn1)C(C)C. The number of alkyl halides is 3. The van der Waals surface area contributed by atoms with Gasteiger partial charge in [0.1, 0.15) is 5.82 Å². The van der Waals surface area contributed by atoms with Crippen LogP contribution in [0.5, 0.6) is 0 Å². The van der Waals surface area contributed by atoms with Gasteiger partial charge in [-0.15, -0.1) is 10.2 Å². The molecule has 19 heavy (non-hydrogen) atoms. The van der Waals surface area contributed by atoms with Crippen molar-refractivity contribution < 1.29 is 17.9 Å². The molecule has 0 radical (unpaired) electrons. The predicted molar refractivity (Wildman–Crippen MR) is 65.8 cm³/mol. The minimum absolute atomic E-state index is 0.0222. The molecule has 1 aromatic rings. The summed E-state index contributed by atoms with van der Waals surface area (Å²) in [4.78, 5) is 0. The van der Waals surface area contributed by atoms with Crippen molar-refractivity contribution in [3.63, 3.8) is 0 Å². The van der Waals surface area contributed by atoms with Crippen LogP contribution in [0.3, 0.4) is 0 Å². The summed E-state index contributed by atoms with van der Waals surface area (Å²) in [5, 5.41) is 9.73. The number of halogens is 3. The van der Waals surface area contributed by atoms with Crippen LogP contribution in [0.4, 0.5) is 19.0 Å². The number of anilines is 1. The third-order valence-corrected chi connectivity index (χ3v) is 2.59. The Balaban J connectivity index is 2.69. The number of aromatic nitrogens is 2. The minimum Gasteiger partial charge on any atom is -0.380 e. The van der Waals surface area contributed by atoms with Crippen molar-refractivity contribution in [1.82, 2.24) is 10.2 Å². The van der Waals surface area contributed by atoms with E-state index in [0.29, 0.717) is 19.0 Å². The van der Waals surface area contributed by atoms with Gasteiger partial charge >= 0.3 is 6.18 Å². The highest BCUT2D eigenvalue weighted by Crippen LogP contribution is 2.27. The van der Waals surface area contributed by atoms with Gasteiger partial charge in [0, 0.05) is 6.61 Å². The molecule has 1 rings (SSSR count). The predicted octanol–water partition coefficient (Wildman–Crippen LogP) is 2.97. The third-order valence-electron chi connectivity index (χ3n) is 2.59. The van der Waals surface area contributed by atoms with Crippen LogP contribution in [0.2, 0.25) is 0 Å². The van der Waals surface area contributed by atoms with Crippen molar-refractivity contribution in [2.24, 2.45) is 5.92 Å². The zero-order valence-electron chi connectivity index (χ0n) is 11.2. The van der Waals surface area contributed by atoms with Crippen LogP contribution < -0.4 is 5.32 Å². The molecule has 0 saturated carbocycles. The summed E-state index contributed by atoms with van der Waals surface area (Å²) in [6.07, 6.45) is -4.46. The third kappa shape index (κ3) is 5.02. The molecule has 0 saturated heterocycles. The van der Waals surface area contributed by atoms with Crippen molar-refractivity contribution >= 4 is 5.82 Å². The first-order valence-electron chi connectivity index (χ1n) is 6.09. The molecular formula is C12H18F3N3O. The van der Waals surface area contributed by atoms with Gasteiger partial charge in [-0.3, -0.25) is 0 Å². The lowest BCUT2D eigenvalue weighted by atomic mass is 10.1. The maximum atomic E-state index is 12.3. The lowest BCUT2D eigenvalue weighted by molar-refractivity contribution is -0.141. The van der Waals surface area contributed by atoms with Crippen molar-refractivity contribution in [3.8, 4) is 0 Å². The van der Waals surface area contributed by atoms with Gasteiger partial charge in [0.05, 0.1) is 12.6 Å². The molecule has 0 aliphatic heterocycles. The second-order valence-electron chi connectivity index (χ2n) is 4.46. The quantitative estimate of drug-likeness (QED) is 0.868. The van der Waals surface area contributed by atoms with E-state index < -0.39 is 11.9 Å². The van der Waals surface area contributed by atoms with E-state index in [4.69, 9.17) is 4.74 Å². The van der Waals surface area contributed by atoms with E-state index in [1.165, 1.54) is 6.07 Å². The molecule has 0 aromatic carbocycles. The fraction of sp³-hybridized carbons (Fsp3) is 0.667. The van der Waals surface area contributed by atoms with Crippen LogP contribution in [-0.2, 0) is 10.9 Å². The highest BCUT2D eigenvalue weighted by Gasteiger charge is 2.32. The first-order valence-corrected chi connectivity index (χ1v) is 6.09. The molecule has 1 atom stereocenters. The summed E-state index contributed by atoms with van der Waals surface area (Å²) in [5.74, 6) is 0.571. The molecule has 0 bridgehead atoms. The average molecular weight is 277 g/mol. The lowest BCUT2D eigenvalue weighted by Gasteiger charge is -2.22. The maximum absolute atomic E-state index is 12.3. The molecule has 0 aliphatic carbocycles. The molecule has 0 spiro atoms. The monoisotopic (exact) mass is 277 g/mol. The van der Waals surface area contributed by atoms with Gasteiger partial charge in [-0.2, -0.15) is 13.2 Å². The van der Waals surface area contributed by atoms with Gasteiger partial charge < -0.3 is 10.1 Å². The second kappa shape index (κ2) is 6.70.